The number of thioether (sulfide) groups is 1. The number of primary amides is 1. The van der Waals surface area contributed by atoms with Crippen LogP contribution in [0.3, 0.4) is 0 Å². The number of halogens is 1. The summed E-state index contributed by atoms with van der Waals surface area (Å²) in [6.45, 7) is 3.08. The van der Waals surface area contributed by atoms with E-state index in [9.17, 15) is 14.4 Å². The molecule has 212 valence electrons. The lowest BCUT2D eigenvalue weighted by Crippen LogP contribution is -2.45. The van der Waals surface area contributed by atoms with Crippen LogP contribution in [-0.4, -0.2) is 44.6 Å². The van der Waals surface area contributed by atoms with Crippen molar-refractivity contribution in [2.24, 2.45) is 11.7 Å². The van der Waals surface area contributed by atoms with E-state index < -0.39 is 5.25 Å². The molecule has 1 aliphatic rings. The maximum absolute atomic E-state index is 14.0. The first-order chi connectivity index (χ1) is 19.9. The van der Waals surface area contributed by atoms with Crippen LogP contribution in [0.25, 0.3) is 27.7 Å². The Morgan fingerprint density at radius 2 is 1.73 bits per heavy atom. The monoisotopic (exact) mass is 588 g/mol. The van der Waals surface area contributed by atoms with Crippen LogP contribution >= 0.6 is 23.4 Å². The van der Waals surface area contributed by atoms with Crippen LogP contribution in [0.15, 0.2) is 82.7 Å². The van der Waals surface area contributed by atoms with Crippen molar-refractivity contribution in [3.8, 4) is 16.8 Å². The number of amides is 2. The number of nitrogens with zero attached hydrogens (tertiary/aromatic N) is 3. The highest BCUT2D eigenvalue weighted by atomic mass is 35.5. The molecule has 9 heteroatoms. The molecule has 41 heavy (non-hydrogen) atoms. The summed E-state index contributed by atoms with van der Waals surface area (Å²) < 4.78 is 1.62. The van der Waals surface area contributed by atoms with Gasteiger partial charge in [0, 0.05) is 24.0 Å². The molecule has 1 aliphatic heterocycles. The first-order valence-corrected chi connectivity index (χ1v) is 15.2. The molecule has 2 N–H and O–H groups in total. The Balaban J connectivity index is 1.55. The summed E-state index contributed by atoms with van der Waals surface area (Å²) in [5.41, 5.74) is 8.42. The van der Waals surface area contributed by atoms with Gasteiger partial charge in [-0.2, -0.15) is 0 Å². The summed E-state index contributed by atoms with van der Waals surface area (Å²) >= 11 is 7.60. The minimum atomic E-state index is -0.421. The number of para-hydroxylation sites is 1. The second-order valence-electron chi connectivity index (χ2n) is 10.4. The largest absolute Gasteiger partial charge is 0.369 e. The van der Waals surface area contributed by atoms with Gasteiger partial charge in [-0.25, -0.2) is 4.98 Å². The topological polar surface area (TPSA) is 98.3 Å². The first kappa shape index (κ1) is 28.9. The molecule has 0 aliphatic carbocycles. The quantitative estimate of drug-likeness (QED) is 0.189. The van der Waals surface area contributed by atoms with E-state index in [2.05, 4.69) is 6.92 Å². The van der Waals surface area contributed by atoms with Crippen LogP contribution in [0.2, 0.25) is 5.02 Å². The lowest BCUT2D eigenvalue weighted by Gasteiger charge is -2.33. The second-order valence-corrected chi connectivity index (χ2v) is 12.0. The van der Waals surface area contributed by atoms with Gasteiger partial charge in [-0.3, -0.25) is 19.0 Å². The fourth-order valence-electron chi connectivity index (χ4n) is 5.25. The van der Waals surface area contributed by atoms with Crippen molar-refractivity contribution in [2.75, 3.05) is 13.1 Å². The van der Waals surface area contributed by atoms with Crippen molar-refractivity contribution in [1.82, 2.24) is 14.5 Å². The molecule has 3 aromatic carbocycles. The predicted octanol–water partition coefficient (Wildman–Crippen LogP) is 6.08. The van der Waals surface area contributed by atoms with E-state index in [1.54, 1.807) is 10.6 Å². The number of piperidine rings is 1. The molecule has 2 amide bonds. The smallest absolute Gasteiger partial charge is 0.266 e. The van der Waals surface area contributed by atoms with Gasteiger partial charge in [-0.05, 0) is 66.8 Å². The molecule has 0 spiro atoms. The normalized spacial score (nSPS) is 14.7. The van der Waals surface area contributed by atoms with E-state index in [4.69, 9.17) is 22.3 Å². The number of benzene rings is 3. The summed E-state index contributed by atoms with van der Waals surface area (Å²) in [5, 5.41) is 1.19. The summed E-state index contributed by atoms with van der Waals surface area (Å²) in [4.78, 5) is 46.2. The maximum Gasteiger partial charge on any atom is 0.266 e. The third kappa shape index (κ3) is 6.49. The molecule has 0 radical (unpaired) electrons. The Hall–Kier alpha value is -3.62. The Bertz CT molecular complexity index is 1630. The van der Waals surface area contributed by atoms with Gasteiger partial charge in [0.05, 0.1) is 21.8 Å². The van der Waals surface area contributed by atoms with E-state index in [1.165, 1.54) is 11.8 Å². The van der Waals surface area contributed by atoms with Crippen molar-refractivity contribution in [2.45, 2.75) is 49.4 Å². The van der Waals surface area contributed by atoms with Gasteiger partial charge in [0.25, 0.3) is 5.56 Å². The number of unbranched alkanes of at least 4 members (excludes halogenated alkanes) is 1. The number of carbonyl (C=O) groups excluding carboxylic acids is 2. The van der Waals surface area contributed by atoms with E-state index >= 15 is 0 Å². The van der Waals surface area contributed by atoms with Crippen molar-refractivity contribution >= 4 is 46.1 Å². The number of rotatable bonds is 9. The van der Waals surface area contributed by atoms with Gasteiger partial charge in [0.15, 0.2) is 5.16 Å². The van der Waals surface area contributed by atoms with E-state index in [0.29, 0.717) is 59.1 Å². The van der Waals surface area contributed by atoms with Gasteiger partial charge < -0.3 is 10.6 Å². The van der Waals surface area contributed by atoms with Crippen LogP contribution in [0.4, 0.5) is 0 Å². The second kappa shape index (κ2) is 12.9. The predicted molar refractivity (Wildman–Crippen MR) is 165 cm³/mol. The van der Waals surface area contributed by atoms with Gasteiger partial charge in [0.2, 0.25) is 11.8 Å². The molecule has 2 heterocycles. The molecular weight excluding hydrogens is 556 g/mol. The Morgan fingerprint density at radius 1 is 1.02 bits per heavy atom. The molecule has 1 atom stereocenters. The number of carbonyl (C=O) groups is 2. The highest BCUT2D eigenvalue weighted by Gasteiger charge is 2.31. The van der Waals surface area contributed by atoms with E-state index in [0.717, 1.165) is 24.0 Å². The third-order valence-electron chi connectivity index (χ3n) is 7.56. The van der Waals surface area contributed by atoms with Crippen molar-refractivity contribution in [3.05, 3.63) is 88.2 Å². The summed E-state index contributed by atoms with van der Waals surface area (Å²) in [6, 6.07) is 22.6. The molecule has 0 saturated carbocycles. The van der Waals surface area contributed by atoms with Gasteiger partial charge in [0.1, 0.15) is 0 Å². The highest BCUT2D eigenvalue weighted by molar-refractivity contribution is 8.00. The Morgan fingerprint density at radius 3 is 2.44 bits per heavy atom. The highest BCUT2D eigenvalue weighted by Crippen LogP contribution is 2.32. The lowest BCUT2D eigenvalue weighted by molar-refractivity contribution is -0.134. The van der Waals surface area contributed by atoms with Crippen LogP contribution < -0.4 is 11.3 Å². The van der Waals surface area contributed by atoms with Gasteiger partial charge >= 0.3 is 0 Å². The average Bonchev–Trinajstić information content (AvgIpc) is 2.99. The van der Waals surface area contributed by atoms with E-state index in [1.807, 2.05) is 71.6 Å². The lowest BCUT2D eigenvalue weighted by atomic mass is 9.96. The SMILES string of the molecule is CCCCC(Sc1nc2ccccc2c(=O)n1-c1cccc(-c2cccc(Cl)c2)c1)C(=O)N1CCC(C(N)=O)CC1. The van der Waals surface area contributed by atoms with Crippen molar-refractivity contribution in [3.63, 3.8) is 0 Å². The molecule has 4 aromatic rings. The zero-order valence-corrected chi connectivity index (χ0v) is 24.5. The minimum Gasteiger partial charge on any atom is -0.369 e. The Labute approximate surface area is 248 Å². The molecular formula is C32H33ClN4O3S. The zero-order chi connectivity index (χ0) is 28.9. The molecule has 0 bridgehead atoms. The molecule has 1 saturated heterocycles. The average molecular weight is 589 g/mol. The fraction of sp³-hybridized carbons (Fsp3) is 0.312. The number of aromatic nitrogens is 2. The van der Waals surface area contributed by atoms with Crippen molar-refractivity contribution in [1.29, 1.82) is 0 Å². The van der Waals surface area contributed by atoms with E-state index in [-0.39, 0.29) is 23.3 Å². The fourth-order valence-corrected chi connectivity index (χ4v) is 6.67. The number of hydrogen-bond acceptors (Lipinski definition) is 5. The molecule has 5 rings (SSSR count). The van der Waals surface area contributed by atoms with Crippen LogP contribution in [0, 0.1) is 5.92 Å². The third-order valence-corrected chi connectivity index (χ3v) is 9.00. The molecule has 1 unspecified atom stereocenters. The van der Waals surface area contributed by atoms with Gasteiger partial charge in [-0.1, -0.05) is 79.5 Å². The van der Waals surface area contributed by atoms with Crippen LogP contribution in [-0.2, 0) is 9.59 Å². The van der Waals surface area contributed by atoms with Crippen molar-refractivity contribution < 1.29 is 9.59 Å². The number of nitrogens with two attached hydrogens (primary N) is 1. The molecule has 1 fully saturated rings. The summed E-state index contributed by atoms with van der Waals surface area (Å²) in [7, 11) is 0. The van der Waals surface area contributed by atoms with Gasteiger partial charge in [-0.15, -0.1) is 0 Å². The first-order valence-electron chi connectivity index (χ1n) is 14.0. The summed E-state index contributed by atoms with van der Waals surface area (Å²) in [5.74, 6) is -0.494. The standard InChI is InChI=1S/C32H33ClN4O3S/c1-2-3-14-28(31(40)36-17-15-21(16-18-36)29(34)38)41-32-35-27-13-5-4-12-26(27)30(39)37(32)25-11-7-9-23(20-25)22-8-6-10-24(33)19-22/h4-13,19-21,28H,2-3,14-18H2,1H3,(H2,34,38). The Kier molecular flexibility index (Phi) is 9.10. The zero-order valence-electron chi connectivity index (χ0n) is 23.0. The van der Waals surface area contributed by atoms with Crippen LogP contribution in [0.5, 0.6) is 0 Å². The number of fused-ring (bicyclic) bond motifs is 1. The summed E-state index contributed by atoms with van der Waals surface area (Å²) in [6.07, 6.45) is 3.60. The number of likely N-dealkylation sites (tertiary alicyclic amines) is 1. The molecule has 1 aromatic heterocycles. The van der Waals surface area contributed by atoms with Crippen LogP contribution in [0.1, 0.15) is 39.0 Å². The maximum atomic E-state index is 14.0. The minimum absolute atomic E-state index is 0.00741. The molecule has 7 nitrogen and oxygen atoms in total. The number of hydrogen-bond donors (Lipinski definition) is 1.